The molecule has 2 rings (SSSR count). The lowest BCUT2D eigenvalue weighted by Gasteiger charge is -2.11. The number of nitrogens with zero attached hydrogens (tertiary/aromatic N) is 2. The molecule has 0 aromatic heterocycles. The van der Waals surface area contributed by atoms with Crippen molar-refractivity contribution in [2.75, 3.05) is 0 Å². The number of phenolic OH excluding ortho intramolecular Hbond substituents is 1. The molecule has 7 nitrogen and oxygen atoms in total. The molecule has 20 heavy (non-hydrogen) atoms. The molecule has 3 N–H and O–H groups in total. The highest BCUT2D eigenvalue weighted by Crippen LogP contribution is 2.23. The average Bonchev–Trinajstić information content (AvgIpc) is 2.38. The summed E-state index contributed by atoms with van der Waals surface area (Å²) in [6.45, 7) is 1.55. The third-order valence-corrected chi connectivity index (χ3v) is 2.74. The summed E-state index contributed by atoms with van der Waals surface area (Å²) in [5.74, 6) is -0.538. The molecule has 1 aliphatic carbocycles. The van der Waals surface area contributed by atoms with Crippen molar-refractivity contribution >= 4 is 17.2 Å². The van der Waals surface area contributed by atoms with Crippen LogP contribution < -0.4 is 5.73 Å². The van der Waals surface area contributed by atoms with E-state index in [9.17, 15) is 20.0 Å². The number of aromatic hydroxyl groups is 1. The molecule has 0 fully saturated rings. The standard InChI is InChI=1S/C13H11N3O4/c1-7-6-10(18)11(14)13(16(19)20)12(7)15-8-2-4-9(17)5-3-8/h2-6,17H,14H2,1H3. The van der Waals surface area contributed by atoms with E-state index in [1.54, 1.807) is 6.92 Å². The zero-order chi connectivity index (χ0) is 14.9. The number of benzene rings is 1. The molecule has 0 radical (unpaired) electrons. The highest BCUT2D eigenvalue weighted by atomic mass is 16.6. The zero-order valence-electron chi connectivity index (χ0n) is 10.5. The summed E-state index contributed by atoms with van der Waals surface area (Å²) in [5.41, 5.74) is 5.36. The Morgan fingerprint density at radius 2 is 1.90 bits per heavy atom. The fourth-order valence-electron chi connectivity index (χ4n) is 1.76. The molecule has 0 bridgehead atoms. The van der Waals surface area contributed by atoms with Crippen LogP contribution in [0.15, 0.2) is 52.3 Å². The van der Waals surface area contributed by atoms with Crippen LogP contribution in [0.2, 0.25) is 0 Å². The van der Waals surface area contributed by atoms with Gasteiger partial charge in [-0.3, -0.25) is 14.9 Å². The number of ketones is 1. The molecule has 0 saturated carbocycles. The second kappa shape index (κ2) is 4.96. The number of phenols is 1. The van der Waals surface area contributed by atoms with Gasteiger partial charge in [0.25, 0.3) is 0 Å². The van der Waals surface area contributed by atoms with E-state index < -0.39 is 22.1 Å². The van der Waals surface area contributed by atoms with Crippen molar-refractivity contribution in [3.63, 3.8) is 0 Å². The van der Waals surface area contributed by atoms with Crippen molar-refractivity contribution in [1.29, 1.82) is 0 Å². The molecule has 0 amide bonds. The van der Waals surface area contributed by atoms with Crippen LogP contribution in [-0.2, 0) is 4.79 Å². The number of hydrogen-bond donors (Lipinski definition) is 2. The van der Waals surface area contributed by atoms with Crippen LogP contribution in [0.4, 0.5) is 5.69 Å². The molecule has 0 atom stereocenters. The Morgan fingerprint density at radius 1 is 1.30 bits per heavy atom. The van der Waals surface area contributed by atoms with Gasteiger partial charge in [-0.15, -0.1) is 0 Å². The lowest BCUT2D eigenvalue weighted by molar-refractivity contribution is -0.416. The van der Waals surface area contributed by atoms with Gasteiger partial charge in [0.1, 0.15) is 11.5 Å². The molecule has 1 aromatic rings. The van der Waals surface area contributed by atoms with Gasteiger partial charge in [0.15, 0.2) is 5.70 Å². The summed E-state index contributed by atoms with van der Waals surface area (Å²) in [6, 6.07) is 5.82. The number of carbonyl (C=O) groups is 1. The molecular formula is C13H11N3O4. The summed E-state index contributed by atoms with van der Waals surface area (Å²) in [6.07, 6.45) is 1.21. The molecule has 102 valence electrons. The number of rotatable bonds is 2. The number of hydrogen-bond acceptors (Lipinski definition) is 6. The largest absolute Gasteiger partial charge is 0.508 e. The van der Waals surface area contributed by atoms with Crippen LogP contribution in [0.25, 0.3) is 0 Å². The number of carbonyl (C=O) groups excluding carboxylic acids is 1. The van der Waals surface area contributed by atoms with Crippen LogP contribution in [-0.4, -0.2) is 21.5 Å². The first-order chi connectivity index (χ1) is 9.40. The van der Waals surface area contributed by atoms with E-state index >= 15 is 0 Å². The van der Waals surface area contributed by atoms with Gasteiger partial charge in [0.2, 0.25) is 5.78 Å². The molecule has 0 saturated heterocycles. The van der Waals surface area contributed by atoms with Crippen molar-refractivity contribution in [3.05, 3.63) is 57.4 Å². The summed E-state index contributed by atoms with van der Waals surface area (Å²) in [5, 5.41) is 20.3. The number of allylic oxidation sites excluding steroid dienone is 2. The van der Waals surface area contributed by atoms with Gasteiger partial charge in [-0.05, 0) is 42.8 Å². The van der Waals surface area contributed by atoms with Gasteiger partial charge in [0, 0.05) is 0 Å². The van der Waals surface area contributed by atoms with Crippen molar-refractivity contribution in [3.8, 4) is 5.75 Å². The van der Waals surface area contributed by atoms with Crippen molar-refractivity contribution < 1.29 is 14.8 Å². The lowest BCUT2D eigenvalue weighted by atomic mass is 9.98. The molecule has 0 spiro atoms. The predicted molar refractivity (Wildman–Crippen MR) is 72.2 cm³/mol. The highest BCUT2D eigenvalue weighted by Gasteiger charge is 2.32. The van der Waals surface area contributed by atoms with Gasteiger partial charge >= 0.3 is 5.70 Å². The summed E-state index contributed by atoms with van der Waals surface area (Å²) >= 11 is 0. The van der Waals surface area contributed by atoms with Crippen LogP contribution in [0.5, 0.6) is 5.75 Å². The Labute approximate surface area is 113 Å². The van der Waals surface area contributed by atoms with Gasteiger partial charge in [-0.25, -0.2) is 4.99 Å². The van der Waals surface area contributed by atoms with E-state index in [0.717, 1.165) is 0 Å². The smallest absolute Gasteiger partial charge is 0.321 e. The van der Waals surface area contributed by atoms with E-state index in [-0.39, 0.29) is 11.5 Å². The van der Waals surface area contributed by atoms with Crippen LogP contribution in [0.1, 0.15) is 6.92 Å². The molecule has 1 aliphatic rings. The molecule has 0 unspecified atom stereocenters. The Balaban J connectivity index is 2.57. The van der Waals surface area contributed by atoms with E-state index in [4.69, 9.17) is 5.73 Å². The second-order valence-corrected chi connectivity index (χ2v) is 4.19. The first-order valence-corrected chi connectivity index (χ1v) is 5.65. The highest BCUT2D eigenvalue weighted by molar-refractivity contribution is 6.23. The third kappa shape index (κ3) is 2.41. The van der Waals surface area contributed by atoms with E-state index in [1.807, 2.05) is 0 Å². The van der Waals surface area contributed by atoms with E-state index in [1.165, 1.54) is 30.3 Å². The van der Waals surface area contributed by atoms with Crippen molar-refractivity contribution in [2.24, 2.45) is 10.7 Å². The SMILES string of the molecule is CC1=CC(=O)C(N)=C([N+](=O)[O-])C1=Nc1ccc(O)cc1. The summed E-state index contributed by atoms with van der Waals surface area (Å²) in [7, 11) is 0. The number of aliphatic imine (C=N–C) groups is 1. The Kier molecular flexibility index (Phi) is 3.34. The maximum Gasteiger partial charge on any atom is 0.321 e. The number of nitro groups is 1. The minimum Gasteiger partial charge on any atom is -0.508 e. The minimum atomic E-state index is -0.719. The van der Waals surface area contributed by atoms with Crippen LogP contribution in [0.3, 0.4) is 0 Å². The fraction of sp³-hybridized carbons (Fsp3) is 0.0769. The predicted octanol–water partition coefficient (Wildman–Crippen LogP) is 1.44. The van der Waals surface area contributed by atoms with E-state index in [0.29, 0.717) is 11.3 Å². The third-order valence-electron chi connectivity index (χ3n) is 2.74. The summed E-state index contributed by atoms with van der Waals surface area (Å²) in [4.78, 5) is 26.0. The zero-order valence-corrected chi connectivity index (χ0v) is 10.5. The Hall–Kier alpha value is -2.96. The van der Waals surface area contributed by atoms with Gasteiger partial charge in [-0.2, -0.15) is 0 Å². The first kappa shape index (κ1) is 13.5. The van der Waals surface area contributed by atoms with Crippen LogP contribution >= 0.6 is 0 Å². The topological polar surface area (TPSA) is 119 Å². The molecule has 1 aromatic carbocycles. The maximum atomic E-state index is 11.5. The quantitative estimate of drug-likeness (QED) is 0.480. The molecule has 7 heteroatoms. The normalized spacial score (nSPS) is 17.4. The fourth-order valence-corrected chi connectivity index (χ4v) is 1.76. The second-order valence-electron chi connectivity index (χ2n) is 4.19. The lowest BCUT2D eigenvalue weighted by Crippen LogP contribution is -2.27. The van der Waals surface area contributed by atoms with Crippen LogP contribution in [0, 0.1) is 10.1 Å². The van der Waals surface area contributed by atoms with Gasteiger partial charge in [0.05, 0.1) is 10.6 Å². The Bertz CT molecular complexity index is 684. The molecule has 0 aliphatic heterocycles. The monoisotopic (exact) mass is 273 g/mol. The van der Waals surface area contributed by atoms with Gasteiger partial charge in [-0.1, -0.05) is 0 Å². The molecule has 0 heterocycles. The molecular weight excluding hydrogens is 262 g/mol. The van der Waals surface area contributed by atoms with Crippen molar-refractivity contribution in [2.45, 2.75) is 6.92 Å². The Morgan fingerprint density at radius 3 is 2.45 bits per heavy atom. The summed E-state index contributed by atoms with van der Waals surface area (Å²) < 4.78 is 0. The van der Waals surface area contributed by atoms with Gasteiger partial charge < -0.3 is 10.8 Å². The minimum absolute atomic E-state index is 0.0396. The maximum absolute atomic E-state index is 11.5. The number of nitrogens with two attached hydrogens (primary N) is 1. The van der Waals surface area contributed by atoms with Crippen molar-refractivity contribution in [1.82, 2.24) is 0 Å². The van der Waals surface area contributed by atoms with E-state index in [2.05, 4.69) is 4.99 Å². The first-order valence-electron chi connectivity index (χ1n) is 5.65. The average molecular weight is 273 g/mol.